The van der Waals surface area contributed by atoms with E-state index in [1.54, 1.807) is 17.1 Å². The van der Waals surface area contributed by atoms with E-state index in [2.05, 4.69) is 22.2 Å². The first kappa shape index (κ1) is 18.8. The van der Waals surface area contributed by atoms with Crippen molar-refractivity contribution in [3.05, 3.63) is 77.4 Å². The van der Waals surface area contributed by atoms with E-state index < -0.39 is 0 Å². The van der Waals surface area contributed by atoms with Gasteiger partial charge in [-0.05, 0) is 48.7 Å². The fraction of sp³-hybridized carbons (Fsp3) is 0.217. The van der Waals surface area contributed by atoms with Gasteiger partial charge < -0.3 is 5.32 Å². The largest absolute Gasteiger partial charge is 0.348 e. The molecule has 0 unspecified atom stereocenters. The fourth-order valence-corrected chi connectivity index (χ4v) is 3.52. The van der Waals surface area contributed by atoms with Gasteiger partial charge in [0.15, 0.2) is 0 Å². The Morgan fingerprint density at radius 3 is 2.59 bits per heavy atom. The molecule has 0 spiro atoms. The summed E-state index contributed by atoms with van der Waals surface area (Å²) in [6.07, 6.45) is 6.21. The standard InChI is InChI=1S/C23H23N5O/c1-4-18-7-6-16(13-25-18)14-26-23(29)19-8-5-15(2)20-21(27-28(3)22(19)20)17-9-11-24-12-10-17/h5-13H,4,14H2,1-3H3,(H,26,29). The lowest BCUT2D eigenvalue weighted by molar-refractivity contribution is 0.0952. The van der Waals surface area contributed by atoms with Gasteiger partial charge in [-0.15, -0.1) is 0 Å². The number of benzene rings is 1. The van der Waals surface area contributed by atoms with Crippen LogP contribution in [0.3, 0.4) is 0 Å². The van der Waals surface area contributed by atoms with Crippen molar-refractivity contribution in [3.8, 4) is 11.3 Å². The highest BCUT2D eigenvalue weighted by Crippen LogP contribution is 2.32. The average molecular weight is 385 g/mol. The number of amides is 1. The van der Waals surface area contributed by atoms with Crippen molar-refractivity contribution in [2.75, 3.05) is 0 Å². The van der Waals surface area contributed by atoms with Gasteiger partial charge in [0.1, 0.15) is 5.69 Å². The number of hydrogen-bond donors (Lipinski definition) is 1. The number of nitrogens with one attached hydrogen (secondary N) is 1. The molecule has 1 N–H and O–H groups in total. The second-order valence-electron chi connectivity index (χ2n) is 7.06. The van der Waals surface area contributed by atoms with Crippen molar-refractivity contribution in [1.29, 1.82) is 0 Å². The Hall–Kier alpha value is -3.54. The highest BCUT2D eigenvalue weighted by Gasteiger charge is 2.19. The Morgan fingerprint density at radius 1 is 1.10 bits per heavy atom. The number of carbonyl (C=O) groups excluding carboxylic acids is 1. The molecule has 0 bridgehead atoms. The van der Waals surface area contributed by atoms with E-state index in [4.69, 9.17) is 5.10 Å². The van der Waals surface area contributed by atoms with Gasteiger partial charge >= 0.3 is 0 Å². The molecular weight excluding hydrogens is 362 g/mol. The highest BCUT2D eigenvalue weighted by molar-refractivity contribution is 6.09. The summed E-state index contributed by atoms with van der Waals surface area (Å²) in [6.45, 7) is 4.54. The van der Waals surface area contributed by atoms with Crippen molar-refractivity contribution in [2.45, 2.75) is 26.8 Å². The Morgan fingerprint density at radius 2 is 1.90 bits per heavy atom. The molecule has 3 heterocycles. The third-order valence-corrected chi connectivity index (χ3v) is 5.10. The van der Waals surface area contributed by atoms with Crippen LogP contribution in [-0.4, -0.2) is 25.7 Å². The smallest absolute Gasteiger partial charge is 0.253 e. The van der Waals surface area contributed by atoms with Crippen LogP contribution in [-0.2, 0) is 20.0 Å². The van der Waals surface area contributed by atoms with Crippen molar-refractivity contribution in [2.24, 2.45) is 7.05 Å². The molecule has 0 saturated heterocycles. The van der Waals surface area contributed by atoms with Crippen LogP contribution in [0, 0.1) is 6.92 Å². The van der Waals surface area contributed by atoms with Crippen molar-refractivity contribution >= 4 is 16.8 Å². The molecule has 0 fully saturated rings. The first-order valence-electron chi connectivity index (χ1n) is 9.67. The van der Waals surface area contributed by atoms with E-state index in [-0.39, 0.29) is 5.91 Å². The van der Waals surface area contributed by atoms with E-state index in [0.717, 1.165) is 45.4 Å². The number of nitrogens with zero attached hydrogens (tertiary/aromatic N) is 4. The van der Waals surface area contributed by atoms with Gasteiger partial charge in [0.25, 0.3) is 5.91 Å². The summed E-state index contributed by atoms with van der Waals surface area (Å²) in [6, 6.07) is 11.7. The van der Waals surface area contributed by atoms with Crippen LogP contribution in [0.25, 0.3) is 22.2 Å². The van der Waals surface area contributed by atoms with Gasteiger partial charge in [0.2, 0.25) is 0 Å². The maximum absolute atomic E-state index is 13.0. The molecule has 6 heteroatoms. The SMILES string of the molecule is CCc1ccc(CNC(=O)c2ccc(C)c3c(-c4ccncc4)nn(C)c23)cn1. The maximum atomic E-state index is 13.0. The predicted molar refractivity (Wildman–Crippen MR) is 113 cm³/mol. The quantitative estimate of drug-likeness (QED) is 0.567. The van der Waals surface area contributed by atoms with Gasteiger partial charge in [-0.2, -0.15) is 5.10 Å². The lowest BCUT2D eigenvalue weighted by Gasteiger charge is -2.09. The molecule has 1 amide bonds. The average Bonchev–Trinajstić information content (AvgIpc) is 3.11. The summed E-state index contributed by atoms with van der Waals surface area (Å²) in [5, 5.41) is 8.70. The third kappa shape index (κ3) is 3.61. The van der Waals surface area contributed by atoms with E-state index in [1.807, 2.05) is 56.6 Å². The lowest BCUT2D eigenvalue weighted by atomic mass is 10.0. The number of pyridine rings is 2. The summed E-state index contributed by atoms with van der Waals surface area (Å²) in [5.74, 6) is -0.126. The van der Waals surface area contributed by atoms with Gasteiger partial charge in [0.05, 0.1) is 11.1 Å². The number of fused-ring (bicyclic) bond motifs is 1. The van der Waals surface area contributed by atoms with Crippen LogP contribution in [0.2, 0.25) is 0 Å². The van der Waals surface area contributed by atoms with Gasteiger partial charge in [0, 0.05) is 48.8 Å². The van der Waals surface area contributed by atoms with Crippen LogP contribution in [0.15, 0.2) is 55.0 Å². The van der Waals surface area contributed by atoms with E-state index >= 15 is 0 Å². The molecule has 0 aliphatic rings. The van der Waals surface area contributed by atoms with Gasteiger partial charge in [-0.1, -0.05) is 19.1 Å². The lowest BCUT2D eigenvalue weighted by Crippen LogP contribution is -2.23. The summed E-state index contributed by atoms with van der Waals surface area (Å²) in [4.78, 5) is 21.5. The molecule has 29 heavy (non-hydrogen) atoms. The predicted octanol–water partition coefficient (Wildman–Crippen LogP) is 3.83. The zero-order valence-electron chi connectivity index (χ0n) is 16.8. The third-order valence-electron chi connectivity index (χ3n) is 5.10. The zero-order chi connectivity index (χ0) is 20.4. The molecule has 4 aromatic rings. The van der Waals surface area contributed by atoms with Gasteiger partial charge in [-0.25, -0.2) is 0 Å². The zero-order valence-corrected chi connectivity index (χ0v) is 16.8. The number of rotatable bonds is 5. The van der Waals surface area contributed by atoms with E-state index in [9.17, 15) is 4.79 Å². The monoisotopic (exact) mass is 385 g/mol. The number of aryl methyl sites for hydroxylation is 3. The topological polar surface area (TPSA) is 72.7 Å². The Bertz CT molecular complexity index is 1160. The highest BCUT2D eigenvalue weighted by atomic mass is 16.1. The molecule has 146 valence electrons. The minimum Gasteiger partial charge on any atom is -0.348 e. The second kappa shape index (κ2) is 7.83. The van der Waals surface area contributed by atoms with Crippen LogP contribution in [0.4, 0.5) is 0 Å². The van der Waals surface area contributed by atoms with Crippen LogP contribution in [0.5, 0.6) is 0 Å². The second-order valence-corrected chi connectivity index (χ2v) is 7.06. The molecule has 0 atom stereocenters. The minimum atomic E-state index is -0.126. The van der Waals surface area contributed by atoms with Crippen LogP contribution in [0.1, 0.15) is 34.1 Å². The Labute approximate surface area is 169 Å². The van der Waals surface area contributed by atoms with Crippen molar-refractivity contribution < 1.29 is 4.79 Å². The van der Waals surface area contributed by atoms with Crippen molar-refractivity contribution in [1.82, 2.24) is 25.1 Å². The summed E-state index contributed by atoms with van der Waals surface area (Å²) in [5.41, 5.74) is 6.37. The normalized spacial score (nSPS) is 11.0. The number of hydrogen-bond acceptors (Lipinski definition) is 4. The molecule has 0 radical (unpaired) electrons. The summed E-state index contributed by atoms with van der Waals surface area (Å²) < 4.78 is 1.78. The number of aromatic nitrogens is 4. The maximum Gasteiger partial charge on any atom is 0.253 e. The van der Waals surface area contributed by atoms with E-state index in [1.165, 1.54) is 0 Å². The molecule has 4 rings (SSSR count). The Kier molecular flexibility index (Phi) is 5.08. The van der Waals surface area contributed by atoms with E-state index in [0.29, 0.717) is 12.1 Å². The van der Waals surface area contributed by atoms with Crippen molar-refractivity contribution in [3.63, 3.8) is 0 Å². The molecule has 0 saturated carbocycles. The first-order valence-corrected chi connectivity index (χ1v) is 9.67. The summed E-state index contributed by atoms with van der Waals surface area (Å²) >= 11 is 0. The summed E-state index contributed by atoms with van der Waals surface area (Å²) in [7, 11) is 1.87. The fourth-order valence-electron chi connectivity index (χ4n) is 3.52. The molecule has 0 aliphatic heterocycles. The minimum absolute atomic E-state index is 0.126. The Balaban J connectivity index is 1.67. The molecule has 1 aromatic carbocycles. The molecule has 6 nitrogen and oxygen atoms in total. The van der Waals surface area contributed by atoms with Crippen LogP contribution < -0.4 is 5.32 Å². The van der Waals surface area contributed by atoms with Crippen LogP contribution >= 0.6 is 0 Å². The molecule has 0 aliphatic carbocycles. The molecular formula is C23H23N5O. The van der Waals surface area contributed by atoms with Gasteiger partial charge in [-0.3, -0.25) is 19.4 Å². The number of carbonyl (C=O) groups is 1. The molecule has 3 aromatic heterocycles. The first-order chi connectivity index (χ1) is 14.1.